The van der Waals surface area contributed by atoms with Crippen molar-refractivity contribution in [2.45, 2.75) is 89.9 Å². The van der Waals surface area contributed by atoms with Crippen LogP contribution in [-0.4, -0.2) is 38.8 Å². The van der Waals surface area contributed by atoms with E-state index in [4.69, 9.17) is 0 Å². The maximum atomic E-state index is 12.4. The van der Waals surface area contributed by atoms with Gasteiger partial charge >= 0.3 is 0 Å². The second-order valence-electron chi connectivity index (χ2n) is 10.8. The molecule has 4 aliphatic carbocycles. The van der Waals surface area contributed by atoms with E-state index >= 15 is 0 Å². The molecule has 5 heteroatoms. The lowest BCUT2D eigenvalue weighted by atomic mass is 9.48. The molecule has 5 aliphatic rings. The second kappa shape index (κ2) is 5.91. The second-order valence-corrected chi connectivity index (χ2v) is 10.8. The molecule has 4 fully saturated rings. The zero-order chi connectivity index (χ0) is 19.9. The Morgan fingerprint density at radius 2 is 1.82 bits per heavy atom. The number of rotatable bonds is 1. The standard InChI is InChI=1S/C23H33NO4/c1-21-9-3-4-17(21)16-6-5-14-12-15(7-11-22(14,2)18(16)8-10-21)24-19(25)13-23(27,28)20(24)26/h5,15-18,27-28H,3-4,6-13H2,1-2H3/t15?,16-,17-,18-,21-,22-/m0/s1. The summed E-state index contributed by atoms with van der Waals surface area (Å²) in [5.74, 6) is -1.45. The van der Waals surface area contributed by atoms with Gasteiger partial charge in [0.15, 0.2) is 0 Å². The maximum absolute atomic E-state index is 12.4. The van der Waals surface area contributed by atoms with E-state index in [2.05, 4.69) is 19.9 Å². The molecule has 3 saturated carbocycles. The molecule has 0 bridgehead atoms. The van der Waals surface area contributed by atoms with Gasteiger partial charge in [-0.2, -0.15) is 0 Å². The highest BCUT2D eigenvalue weighted by atomic mass is 16.5. The van der Waals surface area contributed by atoms with Crippen molar-refractivity contribution in [1.82, 2.24) is 4.90 Å². The summed E-state index contributed by atoms with van der Waals surface area (Å²) < 4.78 is 0. The normalized spacial score (nSPS) is 47.4. The number of nitrogens with zero attached hydrogens (tertiary/aromatic N) is 1. The molecule has 0 radical (unpaired) electrons. The Labute approximate surface area is 167 Å². The van der Waals surface area contributed by atoms with Crippen LogP contribution < -0.4 is 0 Å². The van der Waals surface area contributed by atoms with E-state index in [0.717, 1.165) is 36.0 Å². The van der Waals surface area contributed by atoms with Gasteiger partial charge in [0.1, 0.15) is 0 Å². The monoisotopic (exact) mass is 387 g/mol. The molecule has 5 rings (SSSR count). The Balaban J connectivity index is 1.40. The topological polar surface area (TPSA) is 77.8 Å². The van der Waals surface area contributed by atoms with Crippen molar-refractivity contribution in [3.8, 4) is 0 Å². The highest BCUT2D eigenvalue weighted by molar-refractivity contribution is 6.06. The largest absolute Gasteiger partial charge is 0.358 e. The van der Waals surface area contributed by atoms with Crippen LogP contribution in [0.4, 0.5) is 0 Å². The van der Waals surface area contributed by atoms with Gasteiger partial charge in [0.25, 0.3) is 11.7 Å². The van der Waals surface area contributed by atoms with Crippen LogP contribution in [0.15, 0.2) is 11.6 Å². The van der Waals surface area contributed by atoms with Crippen LogP contribution in [0.2, 0.25) is 0 Å². The number of fused-ring (bicyclic) bond motifs is 5. The molecule has 1 saturated heterocycles. The SMILES string of the molecule is C[C@@]12CCC[C@H]1[C@@H]1CC=C3CC(N4C(=O)CC(O)(O)C4=O)CC[C@]3(C)[C@H]1CC2. The summed E-state index contributed by atoms with van der Waals surface area (Å²) in [6, 6.07) is -0.225. The van der Waals surface area contributed by atoms with Gasteiger partial charge in [0, 0.05) is 6.04 Å². The predicted molar refractivity (Wildman–Crippen MR) is 104 cm³/mol. The third-order valence-corrected chi connectivity index (χ3v) is 9.45. The third-order valence-electron chi connectivity index (χ3n) is 9.45. The Hall–Kier alpha value is -1.20. The number of aliphatic hydroxyl groups is 2. The summed E-state index contributed by atoms with van der Waals surface area (Å²) in [6.45, 7) is 4.93. The predicted octanol–water partition coefficient (Wildman–Crippen LogP) is 3.15. The lowest BCUT2D eigenvalue weighted by Gasteiger charge is -2.57. The first-order valence-electron chi connectivity index (χ1n) is 11.2. The molecule has 1 unspecified atom stereocenters. The van der Waals surface area contributed by atoms with Gasteiger partial charge in [-0.1, -0.05) is 31.9 Å². The Morgan fingerprint density at radius 3 is 2.54 bits per heavy atom. The first-order chi connectivity index (χ1) is 13.2. The molecule has 6 atom stereocenters. The van der Waals surface area contributed by atoms with Crippen molar-refractivity contribution in [2.75, 3.05) is 0 Å². The van der Waals surface area contributed by atoms with E-state index in [1.54, 1.807) is 0 Å². The molecule has 2 amide bonds. The van der Waals surface area contributed by atoms with Gasteiger partial charge in [0.2, 0.25) is 5.91 Å². The molecule has 5 nitrogen and oxygen atoms in total. The highest BCUT2D eigenvalue weighted by Gasteiger charge is 2.58. The fraction of sp³-hybridized carbons (Fsp3) is 0.826. The quantitative estimate of drug-likeness (QED) is 0.412. The Bertz CT molecular complexity index is 758. The number of amides is 2. The summed E-state index contributed by atoms with van der Waals surface area (Å²) in [7, 11) is 0. The van der Waals surface area contributed by atoms with Crippen molar-refractivity contribution in [1.29, 1.82) is 0 Å². The number of imide groups is 1. The van der Waals surface area contributed by atoms with Crippen molar-refractivity contribution < 1.29 is 19.8 Å². The molecule has 28 heavy (non-hydrogen) atoms. The van der Waals surface area contributed by atoms with Crippen LogP contribution in [0.1, 0.15) is 78.1 Å². The number of hydrogen-bond donors (Lipinski definition) is 2. The molecule has 0 aromatic rings. The number of allylic oxidation sites excluding steroid dienone is 1. The van der Waals surface area contributed by atoms with Crippen LogP contribution in [0.25, 0.3) is 0 Å². The average Bonchev–Trinajstić information content (AvgIpc) is 3.11. The summed E-state index contributed by atoms with van der Waals surface area (Å²) >= 11 is 0. The van der Waals surface area contributed by atoms with Crippen molar-refractivity contribution in [3.63, 3.8) is 0 Å². The lowest BCUT2D eigenvalue weighted by Crippen LogP contribution is -2.52. The number of carbonyl (C=O) groups excluding carboxylic acids is 2. The minimum Gasteiger partial charge on any atom is -0.358 e. The van der Waals surface area contributed by atoms with E-state index in [1.807, 2.05) is 0 Å². The summed E-state index contributed by atoms with van der Waals surface area (Å²) in [6.07, 6.45) is 12.3. The molecule has 1 aliphatic heterocycles. The summed E-state index contributed by atoms with van der Waals surface area (Å²) in [5, 5.41) is 19.6. The van der Waals surface area contributed by atoms with Gasteiger partial charge in [-0.25, -0.2) is 0 Å². The molecular weight excluding hydrogens is 354 g/mol. The van der Waals surface area contributed by atoms with E-state index < -0.39 is 24.0 Å². The molecule has 154 valence electrons. The lowest BCUT2D eigenvalue weighted by molar-refractivity contribution is -0.183. The van der Waals surface area contributed by atoms with Crippen LogP contribution in [-0.2, 0) is 9.59 Å². The van der Waals surface area contributed by atoms with Crippen molar-refractivity contribution in [2.24, 2.45) is 28.6 Å². The number of carbonyl (C=O) groups is 2. The summed E-state index contributed by atoms with van der Waals surface area (Å²) in [4.78, 5) is 25.8. The van der Waals surface area contributed by atoms with Gasteiger partial charge < -0.3 is 10.2 Å². The fourth-order valence-corrected chi connectivity index (χ4v) is 7.90. The van der Waals surface area contributed by atoms with Gasteiger partial charge in [-0.3, -0.25) is 14.5 Å². The zero-order valence-electron chi connectivity index (χ0n) is 17.1. The van der Waals surface area contributed by atoms with Gasteiger partial charge in [-0.15, -0.1) is 0 Å². The van der Waals surface area contributed by atoms with Gasteiger partial charge in [0.05, 0.1) is 6.42 Å². The van der Waals surface area contributed by atoms with Crippen molar-refractivity contribution in [3.05, 3.63) is 11.6 Å². The van der Waals surface area contributed by atoms with Gasteiger partial charge in [-0.05, 0) is 80.0 Å². The molecule has 0 aromatic heterocycles. The third kappa shape index (κ3) is 2.44. The first kappa shape index (κ1) is 18.8. The molecule has 0 spiro atoms. The average molecular weight is 388 g/mol. The number of hydrogen-bond acceptors (Lipinski definition) is 4. The van der Waals surface area contributed by atoms with E-state index in [1.165, 1.54) is 37.7 Å². The minimum absolute atomic E-state index is 0.171. The highest BCUT2D eigenvalue weighted by Crippen LogP contribution is 2.65. The maximum Gasteiger partial charge on any atom is 0.289 e. The van der Waals surface area contributed by atoms with E-state index in [-0.39, 0.29) is 11.5 Å². The molecule has 1 heterocycles. The van der Waals surface area contributed by atoms with Crippen LogP contribution >= 0.6 is 0 Å². The Morgan fingerprint density at radius 1 is 1.04 bits per heavy atom. The smallest absolute Gasteiger partial charge is 0.289 e. The molecule has 0 aromatic carbocycles. The zero-order valence-corrected chi connectivity index (χ0v) is 17.1. The van der Waals surface area contributed by atoms with E-state index in [0.29, 0.717) is 17.8 Å². The first-order valence-corrected chi connectivity index (χ1v) is 11.2. The molecular formula is C23H33NO4. The van der Waals surface area contributed by atoms with Crippen LogP contribution in [0, 0.1) is 28.6 Å². The number of likely N-dealkylation sites (tertiary alicyclic amines) is 1. The summed E-state index contributed by atoms with van der Waals surface area (Å²) in [5.41, 5.74) is 2.12. The Kier molecular flexibility index (Phi) is 3.97. The molecule has 2 N–H and O–H groups in total. The van der Waals surface area contributed by atoms with Crippen LogP contribution in [0.5, 0.6) is 0 Å². The van der Waals surface area contributed by atoms with Crippen molar-refractivity contribution >= 4 is 11.8 Å². The minimum atomic E-state index is -2.51. The fourth-order valence-electron chi connectivity index (χ4n) is 7.90. The van der Waals surface area contributed by atoms with E-state index in [9.17, 15) is 19.8 Å². The van der Waals surface area contributed by atoms with Crippen LogP contribution in [0.3, 0.4) is 0 Å².